The molecule has 0 saturated heterocycles. The molecule has 7 nitrogen and oxygen atoms in total. The van der Waals surface area contributed by atoms with Gasteiger partial charge in [0.15, 0.2) is 11.6 Å². The number of benzene rings is 3. The number of carbonyl (C=O) groups excluding carboxylic acids is 1. The van der Waals surface area contributed by atoms with Crippen molar-refractivity contribution < 1.29 is 13.9 Å². The molecule has 0 unspecified atom stereocenters. The number of carbonyl (C=O) groups is 1. The van der Waals surface area contributed by atoms with Crippen LogP contribution in [0.1, 0.15) is 21.7 Å². The molecule has 0 aliphatic rings. The first-order valence-electron chi connectivity index (χ1n) is 9.42. The van der Waals surface area contributed by atoms with Gasteiger partial charge in [0.25, 0.3) is 0 Å². The Bertz CT molecular complexity index is 1180. The Balaban J connectivity index is 1.41. The molecule has 0 aliphatic carbocycles. The smallest absolute Gasteiger partial charge is 0.232 e. The minimum Gasteiger partial charge on any atom is -0.486 e. The van der Waals surface area contributed by atoms with Gasteiger partial charge < -0.3 is 15.8 Å². The number of halogens is 1. The van der Waals surface area contributed by atoms with Crippen molar-refractivity contribution in [2.75, 3.05) is 11.1 Å². The van der Waals surface area contributed by atoms with Crippen LogP contribution in [0.4, 0.5) is 22.0 Å². The summed E-state index contributed by atoms with van der Waals surface area (Å²) < 4.78 is 18.8. The number of ketones is 1. The highest BCUT2D eigenvalue weighted by Gasteiger charge is 2.10. The molecule has 0 amide bonds. The zero-order valence-electron chi connectivity index (χ0n) is 16.3. The van der Waals surface area contributed by atoms with Crippen molar-refractivity contribution in [2.45, 2.75) is 6.61 Å². The minimum absolute atomic E-state index is 0.0296. The number of nitrogen functional groups attached to an aromatic ring is 1. The largest absolute Gasteiger partial charge is 0.486 e. The van der Waals surface area contributed by atoms with Crippen LogP contribution >= 0.6 is 0 Å². The van der Waals surface area contributed by atoms with Gasteiger partial charge in [0.05, 0.1) is 0 Å². The summed E-state index contributed by atoms with van der Waals surface area (Å²) in [6.07, 6.45) is 0. The maximum absolute atomic E-state index is 13.0. The lowest BCUT2D eigenvalue weighted by molar-refractivity contribution is 0.103. The van der Waals surface area contributed by atoms with Crippen molar-refractivity contribution in [1.29, 1.82) is 0 Å². The van der Waals surface area contributed by atoms with E-state index in [2.05, 4.69) is 20.3 Å². The fourth-order valence-corrected chi connectivity index (χ4v) is 2.83. The van der Waals surface area contributed by atoms with Gasteiger partial charge in [-0.15, -0.1) is 0 Å². The first kappa shape index (κ1) is 20.0. The lowest BCUT2D eigenvalue weighted by Crippen LogP contribution is -2.09. The average Bonchev–Trinajstić information content (AvgIpc) is 2.79. The van der Waals surface area contributed by atoms with E-state index < -0.39 is 0 Å². The SMILES string of the molecule is Nc1nc(COc2ccc(C(=O)c3ccccc3)cc2)nc(Nc2ccc(F)cc2)n1. The highest BCUT2D eigenvalue weighted by atomic mass is 19.1. The minimum atomic E-state index is -0.341. The molecule has 1 heterocycles. The maximum atomic E-state index is 13.0. The standard InChI is InChI=1S/C23H18FN5O2/c24-17-8-10-18(11-9-17)26-23-28-20(27-22(25)29-23)14-31-19-12-6-16(7-13-19)21(30)15-4-2-1-3-5-15/h1-13H,14H2,(H3,25,26,27,28,29). The van der Waals surface area contributed by atoms with E-state index in [-0.39, 0.29) is 30.1 Å². The van der Waals surface area contributed by atoms with Gasteiger partial charge in [-0.05, 0) is 48.5 Å². The van der Waals surface area contributed by atoms with E-state index in [9.17, 15) is 9.18 Å². The Labute approximate surface area is 177 Å². The normalized spacial score (nSPS) is 10.5. The second kappa shape index (κ2) is 9.00. The Hall–Kier alpha value is -4.33. The fourth-order valence-electron chi connectivity index (χ4n) is 2.83. The highest BCUT2D eigenvalue weighted by molar-refractivity contribution is 6.08. The molecule has 8 heteroatoms. The van der Waals surface area contributed by atoms with E-state index >= 15 is 0 Å². The molecule has 1 aromatic heterocycles. The van der Waals surface area contributed by atoms with E-state index in [0.717, 1.165) is 0 Å². The molecule has 4 rings (SSSR count). The van der Waals surface area contributed by atoms with Gasteiger partial charge in [0.1, 0.15) is 18.2 Å². The first-order chi connectivity index (χ1) is 15.1. The molecular weight excluding hydrogens is 397 g/mol. The summed E-state index contributed by atoms with van der Waals surface area (Å²) in [6, 6.07) is 21.6. The zero-order chi connectivity index (χ0) is 21.6. The first-order valence-corrected chi connectivity index (χ1v) is 9.42. The molecule has 0 aliphatic heterocycles. The van der Waals surface area contributed by atoms with Gasteiger partial charge in [0.2, 0.25) is 11.9 Å². The molecule has 3 aromatic carbocycles. The number of ether oxygens (including phenoxy) is 1. The van der Waals surface area contributed by atoms with E-state index in [1.165, 1.54) is 12.1 Å². The third-order valence-corrected chi connectivity index (χ3v) is 4.32. The van der Waals surface area contributed by atoms with Gasteiger partial charge in [-0.2, -0.15) is 15.0 Å². The lowest BCUT2D eigenvalue weighted by Gasteiger charge is -2.09. The quantitative estimate of drug-likeness (QED) is 0.437. The predicted molar refractivity (Wildman–Crippen MR) is 115 cm³/mol. The number of hydrogen-bond donors (Lipinski definition) is 2. The molecular formula is C23H18FN5O2. The van der Waals surface area contributed by atoms with Crippen molar-refractivity contribution in [1.82, 2.24) is 15.0 Å². The van der Waals surface area contributed by atoms with Crippen molar-refractivity contribution in [3.05, 3.63) is 102 Å². The fraction of sp³-hybridized carbons (Fsp3) is 0.0435. The van der Waals surface area contributed by atoms with E-state index in [0.29, 0.717) is 28.4 Å². The summed E-state index contributed by atoms with van der Waals surface area (Å²) >= 11 is 0. The molecule has 0 bridgehead atoms. The van der Waals surface area contributed by atoms with Crippen LogP contribution in [0.5, 0.6) is 5.75 Å². The number of aromatic nitrogens is 3. The van der Waals surface area contributed by atoms with Crippen molar-refractivity contribution in [3.8, 4) is 5.75 Å². The molecule has 0 saturated carbocycles. The molecule has 0 atom stereocenters. The Morgan fingerprint density at radius 1 is 0.871 bits per heavy atom. The second-order valence-corrected chi connectivity index (χ2v) is 6.57. The van der Waals surface area contributed by atoms with Crippen LogP contribution in [-0.4, -0.2) is 20.7 Å². The van der Waals surface area contributed by atoms with Gasteiger partial charge in [0, 0.05) is 16.8 Å². The second-order valence-electron chi connectivity index (χ2n) is 6.57. The van der Waals surface area contributed by atoms with Crippen molar-refractivity contribution >= 4 is 23.4 Å². The van der Waals surface area contributed by atoms with Crippen LogP contribution in [0, 0.1) is 5.82 Å². The average molecular weight is 415 g/mol. The summed E-state index contributed by atoms with van der Waals surface area (Å²) in [6.45, 7) is 0.0524. The molecule has 3 N–H and O–H groups in total. The molecule has 154 valence electrons. The molecule has 0 fully saturated rings. The third-order valence-electron chi connectivity index (χ3n) is 4.32. The summed E-state index contributed by atoms with van der Waals surface area (Å²) in [5.74, 6) is 0.724. The van der Waals surface area contributed by atoms with Crippen LogP contribution in [0.25, 0.3) is 0 Å². The number of anilines is 3. The Morgan fingerprint density at radius 3 is 2.26 bits per heavy atom. The van der Waals surface area contributed by atoms with Gasteiger partial charge in [-0.3, -0.25) is 4.79 Å². The number of nitrogens with two attached hydrogens (primary N) is 1. The summed E-state index contributed by atoms with van der Waals surface area (Å²) in [4.78, 5) is 24.8. The third kappa shape index (κ3) is 5.18. The number of nitrogens with zero attached hydrogens (tertiary/aromatic N) is 3. The van der Waals surface area contributed by atoms with Crippen molar-refractivity contribution in [2.24, 2.45) is 0 Å². The van der Waals surface area contributed by atoms with Gasteiger partial charge in [-0.1, -0.05) is 30.3 Å². The zero-order valence-corrected chi connectivity index (χ0v) is 16.3. The highest BCUT2D eigenvalue weighted by Crippen LogP contribution is 2.18. The van der Waals surface area contributed by atoms with Crippen LogP contribution < -0.4 is 15.8 Å². The lowest BCUT2D eigenvalue weighted by atomic mass is 10.0. The predicted octanol–water partition coefficient (Wildman–Crippen LogP) is 4.15. The Kier molecular flexibility index (Phi) is 5.79. The Morgan fingerprint density at radius 2 is 1.55 bits per heavy atom. The summed E-state index contributed by atoms with van der Waals surface area (Å²) in [7, 11) is 0. The van der Waals surface area contributed by atoms with Crippen LogP contribution in [-0.2, 0) is 6.61 Å². The van der Waals surface area contributed by atoms with Gasteiger partial charge in [-0.25, -0.2) is 4.39 Å². The summed E-state index contributed by atoms with van der Waals surface area (Å²) in [5.41, 5.74) is 7.55. The van der Waals surface area contributed by atoms with Crippen LogP contribution in [0.15, 0.2) is 78.9 Å². The number of hydrogen-bond acceptors (Lipinski definition) is 7. The van der Waals surface area contributed by atoms with E-state index in [1.807, 2.05) is 18.2 Å². The van der Waals surface area contributed by atoms with Crippen molar-refractivity contribution in [3.63, 3.8) is 0 Å². The molecule has 4 aromatic rings. The monoisotopic (exact) mass is 415 g/mol. The number of rotatable bonds is 7. The summed E-state index contributed by atoms with van der Waals surface area (Å²) in [5, 5.41) is 2.94. The molecule has 0 radical (unpaired) electrons. The van der Waals surface area contributed by atoms with Crippen LogP contribution in [0.2, 0.25) is 0 Å². The van der Waals surface area contributed by atoms with Gasteiger partial charge >= 0.3 is 0 Å². The molecule has 0 spiro atoms. The van der Waals surface area contributed by atoms with E-state index in [1.54, 1.807) is 48.5 Å². The topological polar surface area (TPSA) is 103 Å². The number of nitrogens with one attached hydrogen (secondary N) is 1. The van der Waals surface area contributed by atoms with Crippen LogP contribution in [0.3, 0.4) is 0 Å². The maximum Gasteiger partial charge on any atom is 0.232 e. The van der Waals surface area contributed by atoms with E-state index in [4.69, 9.17) is 10.5 Å². The molecule has 31 heavy (non-hydrogen) atoms.